The molecule has 1 saturated heterocycles. The minimum atomic E-state index is -0.971. The maximum Gasteiger partial charge on any atom is 0.202 e. The third-order valence-electron chi connectivity index (χ3n) is 2.45. The molecule has 0 bridgehead atoms. The molecule has 2 heterocycles. The van der Waals surface area contributed by atoms with Crippen LogP contribution in [-0.4, -0.2) is 38.1 Å². The van der Waals surface area contributed by atoms with Crippen LogP contribution in [0.25, 0.3) is 0 Å². The van der Waals surface area contributed by atoms with Crippen LogP contribution in [0.3, 0.4) is 0 Å². The largest absolute Gasteiger partial charge is 0.388 e. The van der Waals surface area contributed by atoms with Gasteiger partial charge in [0.15, 0.2) is 6.23 Å². The van der Waals surface area contributed by atoms with Crippen molar-refractivity contribution >= 4 is 5.95 Å². The molecule has 1 fully saturated rings. The van der Waals surface area contributed by atoms with Crippen LogP contribution in [-0.2, 0) is 4.74 Å². The van der Waals surface area contributed by atoms with Gasteiger partial charge in [0.25, 0.3) is 0 Å². The van der Waals surface area contributed by atoms with Crippen molar-refractivity contribution in [3.63, 3.8) is 0 Å². The van der Waals surface area contributed by atoms with Crippen molar-refractivity contribution in [2.24, 2.45) is 0 Å². The van der Waals surface area contributed by atoms with E-state index in [1.807, 2.05) is 0 Å². The summed E-state index contributed by atoms with van der Waals surface area (Å²) in [6, 6.07) is 0. The fraction of sp³-hybridized carbons (Fsp3) is 0.625. The lowest BCUT2D eigenvalue weighted by Crippen LogP contribution is -2.30. The molecule has 0 spiro atoms. The second-order valence-corrected chi connectivity index (χ2v) is 3.41. The Morgan fingerprint density at radius 3 is 2.64 bits per heavy atom. The first-order valence-corrected chi connectivity index (χ1v) is 4.41. The first-order chi connectivity index (χ1) is 6.61. The van der Waals surface area contributed by atoms with Gasteiger partial charge in [-0.25, -0.2) is 4.98 Å². The fourth-order valence-electron chi connectivity index (χ4n) is 1.60. The van der Waals surface area contributed by atoms with Crippen LogP contribution in [0.4, 0.5) is 5.95 Å². The third-order valence-corrected chi connectivity index (χ3v) is 2.45. The van der Waals surface area contributed by atoms with Crippen LogP contribution in [0, 0.1) is 0 Å². The zero-order valence-electron chi connectivity index (χ0n) is 7.74. The highest BCUT2D eigenvalue weighted by atomic mass is 16.6. The van der Waals surface area contributed by atoms with Gasteiger partial charge in [0.05, 0.1) is 6.10 Å². The number of aromatic nitrogens is 2. The fourth-order valence-corrected chi connectivity index (χ4v) is 1.60. The normalized spacial score (nSPS) is 37.6. The summed E-state index contributed by atoms with van der Waals surface area (Å²) in [6.07, 6.45) is 0.206. The summed E-state index contributed by atoms with van der Waals surface area (Å²) in [5.41, 5.74) is 5.55. The summed E-state index contributed by atoms with van der Waals surface area (Å²) >= 11 is 0. The molecule has 4 N–H and O–H groups in total. The van der Waals surface area contributed by atoms with Crippen molar-refractivity contribution in [2.75, 3.05) is 5.73 Å². The van der Waals surface area contributed by atoms with Gasteiger partial charge in [0.2, 0.25) is 5.95 Å². The summed E-state index contributed by atoms with van der Waals surface area (Å²) < 4.78 is 6.85. The lowest BCUT2D eigenvalue weighted by molar-refractivity contribution is -0.0307. The van der Waals surface area contributed by atoms with E-state index in [1.165, 1.54) is 10.8 Å². The Kier molecular flexibility index (Phi) is 2.18. The van der Waals surface area contributed by atoms with Gasteiger partial charge in [-0.3, -0.25) is 4.57 Å². The smallest absolute Gasteiger partial charge is 0.202 e. The summed E-state index contributed by atoms with van der Waals surface area (Å²) in [4.78, 5) is 3.81. The number of hydrogen-bond acceptors (Lipinski definition) is 5. The number of rotatable bonds is 1. The molecule has 4 atom stereocenters. The van der Waals surface area contributed by atoms with Crippen molar-refractivity contribution in [2.45, 2.75) is 31.5 Å². The van der Waals surface area contributed by atoms with Crippen molar-refractivity contribution in [1.82, 2.24) is 9.55 Å². The van der Waals surface area contributed by atoms with Gasteiger partial charge in [-0.15, -0.1) is 0 Å². The van der Waals surface area contributed by atoms with E-state index >= 15 is 0 Å². The van der Waals surface area contributed by atoms with Crippen LogP contribution in [0.15, 0.2) is 12.4 Å². The second kappa shape index (κ2) is 3.23. The van der Waals surface area contributed by atoms with Gasteiger partial charge in [-0.05, 0) is 6.92 Å². The Morgan fingerprint density at radius 1 is 1.50 bits per heavy atom. The molecule has 0 aromatic carbocycles. The third kappa shape index (κ3) is 1.28. The molecule has 1 aliphatic rings. The number of nitrogens with zero attached hydrogens (tertiary/aromatic N) is 2. The van der Waals surface area contributed by atoms with E-state index in [2.05, 4.69) is 4.98 Å². The molecule has 1 aromatic rings. The number of hydrogen-bond donors (Lipinski definition) is 3. The van der Waals surface area contributed by atoms with Crippen LogP contribution in [0.5, 0.6) is 0 Å². The highest BCUT2D eigenvalue weighted by molar-refractivity contribution is 5.18. The zero-order valence-corrected chi connectivity index (χ0v) is 7.74. The molecule has 78 valence electrons. The van der Waals surface area contributed by atoms with Gasteiger partial charge in [0, 0.05) is 12.4 Å². The number of anilines is 1. The standard InChI is InChI=1S/C8H13N3O3/c1-4-5(12)6(13)7(14-4)11-3-2-10-8(11)9/h2-7,12-13H,1H3,(H2,9,10)/t4?,5-,6-,7?/m1/s1. The molecule has 0 amide bonds. The average molecular weight is 199 g/mol. The number of ether oxygens (including phenoxy) is 1. The van der Waals surface area contributed by atoms with E-state index in [9.17, 15) is 10.2 Å². The maximum atomic E-state index is 9.64. The molecule has 6 heteroatoms. The van der Waals surface area contributed by atoms with Crippen LogP contribution in [0.1, 0.15) is 13.2 Å². The van der Waals surface area contributed by atoms with Gasteiger partial charge < -0.3 is 20.7 Å². The number of nitrogen functional groups attached to an aromatic ring is 1. The van der Waals surface area contributed by atoms with Crippen molar-refractivity contribution in [1.29, 1.82) is 0 Å². The van der Waals surface area contributed by atoms with Crippen LogP contribution >= 0.6 is 0 Å². The monoisotopic (exact) mass is 199 g/mol. The lowest BCUT2D eigenvalue weighted by atomic mass is 10.1. The van der Waals surface area contributed by atoms with Crippen LogP contribution in [0.2, 0.25) is 0 Å². The van der Waals surface area contributed by atoms with Crippen LogP contribution < -0.4 is 5.73 Å². The van der Waals surface area contributed by atoms with Gasteiger partial charge >= 0.3 is 0 Å². The van der Waals surface area contributed by atoms with E-state index in [-0.39, 0.29) is 5.95 Å². The predicted molar refractivity (Wildman–Crippen MR) is 48.2 cm³/mol. The highest BCUT2D eigenvalue weighted by Crippen LogP contribution is 2.30. The van der Waals surface area contributed by atoms with Gasteiger partial charge in [-0.1, -0.05) is 0 Å². The van der Waals surface area contributed by atoms with Gasteiger partial charge in [-0.2, -0.15) is 0 Å². The average Bonchev–Trinajstić information content (AvgIpc) is 2.66. The molecule has 2 unspecified atom stereocenters. The van der Waals surface area contributed by atoms with Crippen molar-refractivity contribution < 1.29 is 14.9 Å². The second-order valence-electron chi connectivity index (χ2n) is 3.41. The van der Waals surface area contributed by atoms with E-state index in [0.717, 1.165) is 0 Å². The SMILES string of the molecule is CC1OC(n2ccnc2N)[C@H](O)[C@@H]1O. The summed E-state index contributed by atoms with van der Waals surface area (Å²) in [5, 5.41) is 19.1. The van der Waals surface area contributed by atoms with E-state index in [0.29, 0.717) is 0 Å². The Labute approximate surface area is 80.9 Å². The topological polar surface area (TPSA) is 93.5 Å². The van der Waals surface area contributed by atoms with Crippen molar-refractivity contribution in [3.8, 4) is 0 Å². The molecule has 6 nitrogen and oxygen atoms in total. The Bertz CT molecular complexity index is 327. The minimum Gasteiger partial charge on any atom is -0.388 e. The number of aliphatic hydroxyl groups is 2. The lowest BCUT2D eigenvalue weighted by Gasteiger charge is -2.16. The van der Waals surface area contributed by atoms with Crippen molar-refractivity contribution in [3.05, 3.63) is 12.4 Å². The number of aliphatic hydroxyl groups excluding tert-OH is 2. The molecular formula is C8H13N3O3. The molecule has 0 saturated carbocycles. The number of imidazole rings is 1. The molecule has 1 aliphatic heterocycles. The van der Waals surface area contributed by atoms with Gasteiger partial charge in [0.1, 0.15) is 12.2 Å². The van der Waals surface area contributed by atoms with E-state index < -0.39 is 24.5 Å². The first kappa shape index (κ1) is 9.45. The maximum absolute atomic E-state index is 9.64. The quantitative estimate of drug-likeness (QED) is 0.545. The Morgan fingerprint density at radius 2 is 2.21 bits per heavy atom. The molecule has 1 aromatic heterocycles. The highest BCUT2D eigenvalue weighted by Gasteiger charge is 2.41. The minimum absolute atomic E-state index is 0.260. The molecular weight excluding hydrogens is 186 g/mol. The summed E-state index contributed by atoms with van der Waals surface area (Å²) in [6.45, 7) is 1.70. The first-order valence-electron chi connectivity index (χ1n) is 4.41. The molecule has 0 radical (unpaired) electrons. The Balaban J connectivity index is 2.25. The molecule has 2 rings (SSSR count). The Hall–Kier alpha value is -1.11. The molecule has 0 aliphatic carbocycles. The summed E-state index contributed by atoms with van der Waals surface area (Å²) in [5.74, 6) is 0.260. The summed E-state index contributed by atoms with van der Waals surface area (Å²) in [7, 11) is 0. The van der Waals surface area contributed by atoms with E-state index in [1.54, 1.807) is 13.1 Å². The zero-order chi connectivity index (χ0) is 10.3. The van der Waals surface area contributed by atoms with E-state index in [4.69, 9.17) is 10.5 Å². The molecule has 14 heavy (non-hydrogen) atoms. The predicted octanol–water partition coefficient (Wildman–Crippen LogP) is -0.896. The number of nitrogens with two attached hydrogens (primary N) is 1.